The van der Waals surface area contributed by atoms with Crippen molar-refractivity contribution in [1.29, 1.82) is 0 Å². The highest BCUT2D eigenvalue weighted by molar-refractivity contribution is 6.02. The first-order chi connectivity index (χ1) is 12.2. The number of hydrogen-bond acceptors (Lipinski definition) is 5. The number of nitro benzene ring substituents is 1. The zero-order chi connectivity index (χ0) is 19.0. The Balaban J connectivity index is 0.000000152. The molecule has 26 heavy (non-hydrogen) atoms. The monoisotopic (exact) mass is 362 g/mol. The Morgan fingerprint density at radius 1 is 0.923 bits per heavy atom. The maximum absolute atomic E-state index is 12.9. The molecule has 0 spiro atoms. The number of nitrogens with zero attached hydrogens (tertiary/aromatic N) is 1. The van der Waals surface area contributed by atoms with E-state index in [1.54, 1.807) is 0 Å². The van der Waals surface area contributed by atoms with E-state index in [2.05, 4.69) is 10.6 Å². The first-order valence-corrected chi connectivity index (χ1v) is 7.39. The molecule has 0 atom stereocenters. The maximum Gasteiger partial charge on any atom is 0.295 e. The van der Waals surface area contributed by atoms with E-state index in [0.29, 0.717) is 16.8 Å². The van der Waals surface area contributed by atoms with Crippen LogP contribution in [0.3, 0.4) is 0 Å². The lowest BCUT2D eigenvalue weighted by molar-refractivity contribution is -0.384. The highest BCUT2D eigenvalue weighted by atomic mass is 19.1. The van der Waals surface area contributed by atoms with E-state index >= 15 is 0 Å². The van der Waals surface area contributed by atoms with Crippen molar-refractivity contribution in [3.8, 4) is 0 Å². The molecule has 0 unspecified atom stereocenters. The van der Waals surface area contributed by atoms with Gasteiger partial charge in [-0.1, -0.05) is 0 Å². The van der Waals surface area contributed by atoms with Gasteiger partial charge in [0.2, 0.25) is 11.8 Å². The summed E-state index contributed by atoms with van der Waals surface area (Å²) in [5.41, 5.74) is 7.01. The minimum absolute atomic E-state index is 0.00602. The summed E-state index contributed by atoms with van der Waals surface area (Å²) in [5, 5.41) is 15.4. The first-order valence-electron chi connectivity index (χ1n) is 7.39. The predicted molar refractivity (Wildman–Crippen MR) is 88.5 cm³/mol. The van der Waals surface area contributed by atoms with Crippen LogP contribution in [0.1, 0.15) is 11.1 Å². The fraction of sp³-hybridized carbons (Fsp3) is 0.125. The lowest BCUT2D eigenvalue weighted by atomic mass is 10.1. The number of benzene rings is 2. The van der Waals surface area contributed by atoms with Crippen LogP contribution in [0.5, 0.6) is 0 Å². The van der Waals surface area contributed by atoms with Crippen LogP contribution in [0, 0.1) is 21.7 Å². The van der Waals surface area contributed by atoms with Crippen LogP contribution in [0.15, 0.2) is 24.3 Å². The number of nitrogens with one attached hydrogen (secondary N) is 2. The molecule has 0 aliphatic carbocycles. The molecule has 2 aliphatic rings. The summed E-state index contributed by atoms with van der Waals surface area (Å²) in [4.78, 5) is 31.6. The molecule has 2 aromatic rings. The topological polar surface area (TPSA) is 127 Å². The van der Waals surface area contributed by atoms with Crippen LogP contribution in [0.25, 0.3) is 0 Å². The summed E-state index contributed by atoms with van der Waals surface area (Å²) in [6.45, 7) is 0. The fourth-order valence-corrected chi connectivity index (χ4v) is 2.77. The first kappa shape index (κ1) is 17.3. The predicted octanol–water partition coefficient (Wildman–Crippen LogP) is 2.13. The van der Waals surface area contributed by atoms with Crippen molar-refractivity contribution in [2.45, 2.75) is 12.8 Å². The number of nitrogens with two attached hydrogens (primary N) is 1. The van der Waals surface area contributed by atoms with Crippen molar-refractivity contribution >= 4 is 34.6 Å². The largest absolute Gasteiger partial charge is 0.397 e. The molecule has 10 heteroatoms. The average molecular weight is 362 g/mol. The minimum Gasteiger partial charge on any atom is -0.397 e. The summed E-state index contributed by atoms with van der Waals surface area (Å²) in [6.07, 6.45) is 0.214. The summed E-state index contributed by atoms with van der Waals surface area (Å²) in [5.74, 6) is -1.59. The van der Waals surface area contributed by atoms with Crippen molar-refractivity contribution in [3.05, 3.63) is 57.1 Å². The van der Waals surface area contributed by atoms with E-state index in [9.17, 15) is 28.5 Å². The van der Waals surface area contributed by atoms with Gasteiger partial charge in [-0.05, 0) is 29.3 Å². The third-order valence-electron chi connectivity index (χ3n) is 3.81. The Labute approximate surface area is 145 Å². The van der Waals surface area contributed by atoms with E-state index in [1.807, 2.05) is 0 Å². The molecule has 0 bridgehead atoms. The second-order valence-electron chi connectivity index (χ2n) is 5.70. The van der Waals surface area contributed by atoms with Gasteiger partial charge in [-0.15, -0.1) is 0 Å². The van der Waals surface area contributed by atoms with E-state index in [4.69, 9.17) is 5.73 Å². The van der Waals surface area contributed by atoms with Gasteiger partial charge in [-0.25, -0.2) is 8.78 Å². The van der Waals surface area contributed by atoms with E-state index < -0.39 is 22.2 Å². The van der Waals surface area contributed by atoms with Crippen LogP contribution in [0.4, 0.5) is 31.5 Å². The number of halogens is 2. The van der Waals surface area contributed by atoms with Crippen molar-refractivity contribution in [2.75, 3.05) is 16.4 Å². The lowest BCUT2D eigenvalue weighted by Gasteiger charge is -2.02. The normalized spacial score (nSPS) is 13.9. The Morgan fingerprint density at radius 2 is 1.42 bits per heavy atom. The van der Waals surface area contributed by atoms with Crippen molar-refractivity contribution < 1.29 is 23.3 Å². The van der Waals surface area contributed by atoms with Gasteiger partial charge in [0.25, 0.3) is 5.69 Å². The fourth-order valence-electron chi connectivity index (χ4n) is 2.77. The van der Waals surface area contributed by atoms with Crippen molar-refractivity contribution in [2.24, 2.45) is 0 Å². The average Bonchev–Trinajstić information content (AvgIpc) is 3.08. The highest BCUT2D eigenvalue weighted by Crippen LogP contribution is 2.33. The summed E-state index contributed by atoms with van der Waals surface area (Å²) < 4.78 is 25.6. The second-order valence-corrected chi connectivity index (χ2v) is 5.70. The van der Waals surface area contributed by atoms with Gasteiger partial charge in [0.05, 0.1) is 35.2 Å². The molecule has 2 heterocycles. The van der Waals surface area contributed by atoms with Gasteiger partial charge < -0.3 is 16.4 Å². The highest BCUT2D eigenvalue weighted by Gasteiger charge is 2.27. The van der Waals surface area contributed by atoms with Crippen molar-refractivity contribution in [3.63, 3.8) is 0 Å². The number of carbonyl (C=O) groups excluding carboxylic acids is 2. The van der Waals surface area contributed by atoms with Crippen LogP contribution >= 0.6 is 0 Å². The lowest BCUT2D eigenvalue weighted by Crippen LogP contribution is -2.04. The standard InChI is InChI=1S/C8H5FN2O3.C8H7FN2O/c9-5-1-4-2-7(12)10-8(4)6(3-5)11(13)14;9-5-1-4-2-7(12)11-8(4)6(10)3-5/h1,3H,2H2,(H,10,12);1,3H,2,10H2,(H,11,12). The molecule has 2 amide bonds. The Kier molecular flexibility index (Phi) is 4.24. The molecule has 0 aromatic heterocycles. The van der Waals surface area contributed by atoms with Crippen LogP contribution < -0.4 is 16.4 Å². The summed E-state index contributed by atoms with van der Waals surface area (Å²) in [6, 6.07) is 4.44. The van der Waals surface area contributed by atoms with E-state index in [1.165, 1.54) is 12.1 Å². The number of rotatable bonds is 1. The third kappa shape index (κ3) is 3.29. The quantitative estimate of drug-likeness (QED) is 0.407. The van der Waals surface area contributed by atoms with Gasteiger partial charge >= 0.3 is 0 Å². The third-order valence-corrected chi connectivity index (χ3v) is 3.81. The summed E-state index contributed by atoms with van der Waals surface area (Å²) in [7, 11) is 0. The van der Waals surface area contributed by atoms with Crippen LogP contribution in [-0.4, -0.2) is 16.7 Å². The molecule has 4 N–H and O–H groups in total. The number of carbonyl (C=O) groups is 2. The molecular formula is C16H12F2N4O4. The number of nitrogen functional groups attached to an aromatic ring is 1. The maximum atomic E-state index is 12.9. The zero-order valence-corrected chi connectivity index (χ0v) is 13.1. The number of hydrogen-bond donors (Lipinski definition) is 3. The molecule has 0 fully saturated rings. The molecule has 4 rings (SSSR count). The molecule has 0 radical (unpaired) electrons. The number of amides is 2. The molecule has 0 saturated heterocycles. The smallest absolute Gasteiger partial charge is 0.295 e. The number of nitro groups is 1. The van der Waals surface area contributed by atoms with Crippen molar-refractivity contribution in [1.82, 2.24) is 0 Å². The van der Waals surface area contributed by atoms with Crippen LogP contribution in [0.2, 0.25) is 0 Å². The number of anilines is 3. The molecule has 8 nitrogen and oxygen atoms in total. The van der Waals surface area contributed by atoms with Crippen LogP contribution in [-0.2, 0) is 22.4 Å². The molecule has 2 aliphatic heterocycles. The Hall–Kier alpha value is -3.56. The Bertz CT molecular complexity index is 962. The molecule has 134 valence electrons. The van der Waals surface area contributed by atoms with E-state index in [0.717, 1.165) is 12.1 Å². The number of fused-ring (bicyclic) bond motifs is 2. The summed E-state index contributed by atoms with van der Waals surface area (Å²) >= 11 is 0. The van der Waals surface area contributed by atoms with Gasteiger partial charge in [-0.3, -0.25) is 19.7 Å². The zero-order valence-electron chi connectivity index (χ0n) is 13.1. The second kappa shape index (κ2) is 6.39. The molecule has 0 saturated carbocycles. The SMILES string of the molecule is Nc1cc(F)cc2c1NC(=O)C2.O=C1Cc2cc(F)cc([N+](=O)[O-])c2N1. The minimum atomic E-state index is -0.715. The molecular weight excluding hydrogens is 350 g/mol. The van der Waals surface area contributed by atoms with E-state index in [-0.39, 0.29) is 36.0 Å². The van der Waals surface area contributed by atoms with Gasteiger partial charge in [0.15, 0.2) is 0 Å². The van der Waals surface area contributed by atoms with Gasteiger partial charge in [-0.2, -0.15) is 0 Å². The van der Waals surface area contributed by atoms with Gasteiger partial charge in [0, 0.05) is 0 Å². The van der Waals surface area contributed by atoms with Gasteiger partial charge in [0.1, 0.15) is 17.3 Å². The molecule has 2 aromatic carbocycles. The Morgan fingerprint density at radius 3 is 2.00 bits per heavy atom.